The summed E-state index contributed by atoms with van der Waals surface area (Å²) in [7, 11) is 0. The van der Waals surface area contributed by atoms with Gasteiger partial charge in [-0.1, -0.05) is 0 Å². The Morgan fingerprint density at radius 1 is 1.47 bits per heavy atom. The van der Waals surface area contributed by atoms with Crippen LogP contribution < -0.4 is 0 Å². The first-order valence-electron chi connectivity index (χ1n) is 3.98. The van der Waals surface area contributed by atoms with Crippen LogP contribution in [0, 0.1) is 10.1 Å². The van der Waals surface area contributed by atoms with Gasteiger partial charge in [0.25, 0.3) is 5.69 Å². The Kier molecular flexibility index (Phi) is 2.46. The van der Waals surface area contributed by atoms with Gasteiger partial charge in [-0.3, -0.25) is 15.2 Å². The van der Waals surface area contributed by atoms with Gasteiger partial charge < -0.3 is 0 Å². The van der Waals surface area contributed by atoms with Crippen molar-refractivity contribution in [2.45, 2.75) is 0 Å². The zero-order valence-corrected chi connectivity index (χ0v) is 8.93. The number of rotatable bonds is 2. The minimum Gasteiger partial charge on any atom is -0.259 e. The monoisotopic (exact) mass is 268 g/mol. The summed E-state index contributed by atoms with van der Waals surface area (Å²) in [4.78, 5) is 14.1. The topological polar surface area (TPSA) is 84.7 Å². The molecule has 0 amide bonds. The van der Waals surface area contributed by atoms with Gasteiger partial charge in [-0.15, -0.1) is 0 Å². The summed E-state index contributed by atoms with van der Waals surface area (Å²) in [5, 5.41) is 17.0. The van der Waals surface area contributed by atoms with Gasteiger partial charge in [0.15, 0.2) is 5.82 Å². The van der Waals surface area contributed by atoms with Crippen LogP contribution in [0.15, 0.2) is 29.0 Å². The van der Waals surface area contributed by atoms with Gasteiger partial charge in [-0.25, -0.2) is 4.98 Å². The Morgan fingerprint density at radius 2 is 2.27 bits per heavy atom. The second-order valence-electron chi connectivity index (χ2n) is 2.76. The molecule has 15 heavy (non-hydrogen) atoms. The molecule has 0 unspecified atom stereocenters. The summed E-state index contributed by atoms with van der Waals surface area (Å²) < 4.78 is 0.441. The molecule has 0 aliphatic carbocycles. The molecule has 0 aliphatic rings. The van der Waals surface area contributed by atoms with E-state index < -0.39 is 4.92 Å². The van der Waals surface area contributed by atoms with E-state index in [1.54, 1.807) is 12.1 Å². The van der Waals surface area contributed by atoms with Gasteiger partial charge >= 0.3 is 0 Å². The van der Waals surface area contributed by atoms with Crippen LogP contribution in [0.25, 0.3) is 11.4 Å². The van der Waals surface area contributed by atoms with Crippen LogP contribution in [-0.2, 0) is 0 Å². The lowest BCUT2D eigenvalue weighted by atomic mass is 10.2. The van der Waals surface area contributed by atoms with Crippen molar-refractivity contribution in [3.05, 3.63) is 39.1 Å². The fourth-order valence-corrected chi connectivity index (χ4v) is 1.54. The normalized spacial score (nSPS) is 10.2. The van der Waals surface area contributed by atoms with Gasteiger partial charge in [-0.05, 0) is 28.1 Å². The van der Waals surface area contributed by atoms with E-state index in [1.165, 1.54) is 12.4 Å². The highest BCUT2D eigenvalue weighted by Crippen LogP contribution is 2.28. The maximum Gasteiger partial charge on any atom is 0.284 e. The van der Waals surface area contributed by atoms with Crippen molar-refractivity contribution in [3.8, 4) is 11.4 Å². The predicted octanol–water partition coefficient (Wildman–Crippen LogP) is 2.14. The van der Waals surface area contributed by atoms with E-state index in [1.807, 2.05) is 0 Å². The molecule has 0 saturated heterocycles. The minimum absolute atomic E-state index is 0.00361. The molecule has 0 fully saturated rings. The van der Waals surface area contributed by atoms with Crippen molar-refractivity contribution in [2.75, 3.05) is 0 Å². The predicted molar refractivity (Wildman–Crippen MR) is 56.2 cm³/mol. The zero-order chi connectivity index (χ0) is 10.8. The van der Waals surface area contributed by atoms with Crippen LogP contribution >= 0.6 is 15.9 Å². The van der Waals surface area contributed by atoms with E-state index in [9.17, 15) is 10.1 Å². The first-order valence-corrected chi connectivity index (χ1v) is 4.77. The van der Waals surface area contributed by atoms with Gasteiger partial charge in [0.2, 0.25) is 0 Å². The van der Waals surface area contributed by atoms with Crippen LogP contribution in [0.2, 0.25) is 0 Å². The molecule has 2 aromatic rings. The van der Waals surface area contributed by atoms with Crippen molar-refractivity contribution in [2.24, 2.45) is 0 Å². The SMILES string of the molecule is O=[N+]([O-])c1cc(-c2ncn[nH]2)ccc1Br. The fourth-order valence-electron chi connectivity index (χ4n) is 1.14. The van der Waals surface area contributed by atoms with E-state index in [4.69, 9.17) is 0 Å². The quantitative estimate of drug-likeness (QED) is 0.668. The Bertz CT molecular complexity index is 497. The van der Waals surface area contributed by atoms with E-state index >= 15 is 0 Å². The molecule has 0 spiro atoms. The molecule has 76 valence electrons. The average Bonchev–Trinajstić information content (AvgIpc) is 2.71. The van der Waals surface area contributed by atoms with E-state index in [2.05, 4.69) is 31.1 Å². The number of nitro benzene ring substituents is 1. The molecule has 0 aliphatic heterocycles. The summed E-state index contributed by atoms with van der Waals surface area (Å²) in [6, 6.07) is 4.76. The standard InChI is InChI=1S/C8H5BrN4O2/c9-6-2-1-5(3-7(6)13(14)15)8-10-4-11-12-8/h1-4H,(H,10,11,12). The second kappa shape index (κ2) is 3.77. The number of hydrogen-bond acceptors (Lipinski definition) is 4. The molecule has 1 N–H and O–H groups in total. The molecule has 2 rings (SSSR count). The molecule has 6 nitrogen and oxygen atoms in total. The number of nitro groups is 1. The van der Waals surface area contributed by atoms with Crippen LogP contribution in [0.4, 0.5) is 5.69 Å². The van der Waals surface area contributed by atoms with Crippen molar-refractivity contribution in [3.63, 3.8) is 0 Å². The Morgan fingerprint density at radius 3 is 2.87 bits per heavy atom. The Balaban J connectivity index is 2.52. The number of halogens is 1. The summed E-state index contributed by atoms with van der Waals surface area (Å²) in [5.74, 6) is 0.505. The van der Waals surface area contributed by atoms with E-state index in [-0.39, 0.29) is 5.69 Å². The molecular weight excluding hydrogens is 264 g/mol. The molecule has 0 saturated carbocycles. The first-order chi connectivity index (χ1) is 7.18. The minimum atomic E-state index is -0.454. The number of nitrogens with one attached hydrogen (secondary N) is 1. The molecule has 0 atom stereocenters. The van der Waals surface area contributed by atoms with E-state index in [0.717, 1.165) is 0 Å². The number of benzene rings is 1. The third-order valence-electron chi connectivity index (χ3n) is 1.83. The summed E-state index contributed by atoms with van der Waals surface area (Å²) in [5.41, 5.74) is 0.631. The van der Waals surface area contributed by atoms with Gasteiger partial charge in [0.05, 0.1) is 9.40 Å². The van der Waals surface area contributed by atoms with Crippen LogP contribution in [0.3, 0.4) is 0 Å². The molecule has 0 bridgehead atoms. The molecule has 0 radical (unpaired) electrons. The Hall–Kier alpha value is -1.76. The first kappa shape index (κ1) is 9.78. The summed E-state index contributed by atoms with van der Waals surface area (Å²) >= 11 is 3.11. The van der Waals surface area contributed by atoms with Crippen LogP contribution in [-0.4, -0.2) is 20.1 Å². The van der Waals surface area contributed by atoms with Gasteiger partial charge in [0.1, 0.15) is 6.33 Å². The number of aromatic amines is 1. The Labute approximate surface area is 92.6 Å². The van der Waals surface area contributed by atoms with Gasteiger partial charge in [-0.2, -0.15) is 5.10 Å². The lowest BCUT2D eigenvalue weighted by Crippen LogP contribution is -1.90. The third kappa shape index (κ3) is 1.86. The number of nitrogens with zero attached hydrogens (tertiary/aromatic N) is 3. The second-order valence-corrected chi connectivity index (χ2v) is 3.61. The number of H-pyrrole nitrogens is 1. The smallest absolute Gasteiger partial charge is 0.259 e. The molecular formula is C8H5BrN4O2. The summed E-state index contributed by atoms with van der Waals surface area (Å²) in [6.45, 7) is 0. The number of aromatic nitrogens is 3. The zero-order valence-electron chi connectivity index (χ0n) is 7.35. The fraction of sp³-hybridized carbons (Fsp3) is 0. The number of hydrogen-bond donors (Lipinski definition) is 1. The largest absolute Gasteiger partial charge is 0.284 e. The van der Waals surface area contributed by atoms with Crippen molar-refractivity contribution in [1.82, 2.24) is 15.2 Å². The third-order valence-corrected chi connectivity index (χ3v) is 2.50. The van der Waals surface area contributed by atoms with Crippen molar-refractivity contribution < 1.29 is 4.92 Å². The molecule has 1 aromatic carbocycles. The lowest BCUT2D eigenvalue weighted by Gasteiger charge is -1.98. The van der Waals surface area contributed by atoms with Crippen LogP contribution in [0.1, 0.15) is 0 Å². The highest BCUT2D eigenvalue weighted by Gasteiger charge is 2.13. The maximum absolute atomic E-state index is 10.7. The van der Waals surface area contributed by atoms with Gasteiger partial charge in [0, 0.05) is 11.6 Å². The summed E-state index contributed by atoms with van der Waals surface area (Å²) in [6.07, 6.45) is 1.35. The van der Waals surface area contributed by atoms with Crippen molar-refractivity contribution in [1.29, 1.82) is 0 Å². The van der Waals surface area contributed by atoms with E-state index in [0.29, 0.717) is 15.9 Å². The molecule has 7 heteroatoms. The lowest BCUT2D eigenvalue weighted by molar-refractivity contribution is -0.385. The maximum atomic E-state index is 10.7. The van der Waals surface area contributed by atoms with Crippen molar-refractivity contribution >= 4 is 21.6 Å². The molecule has 1 aromatic heterocycles. The highest BCUT2D eigenvalue weighted by atomic mass is 79.9. The average molecular weight is 269 g/mol. The molecule has 1 heterocycles. The highest BCUT2D eigenvalue weighted by molar-refractivity contribution is 9.10. The van der Waals surface area contributed by atoms with Crippen LogP contribution in [0.5, 0.6) is 0 Å².